The molecule has 1 heterocycles. The zero-order chi connectivity index (χ0) is 12.8. The van der Waals surface area contributed by atoms with Crippen LogP contribution in [0.5, 0.6) is 0 Å². The molecule has 0 radical (unpaired) electrons. The molecule has 1 aliphatic heterocycles. The molecule has 1 aromatic carbocycles. The topological polar surface area (TPSA) is 32.8 Å². The van der Waals surface area contributed by atoms with Gasteiger partial charge in [0, 0.05) is 0 Å². The highest BCUT2D eigenvalue weighted by Gasteiger charge is 2.41. The van der Waals surface area contributed by atoms with Gasteiger partial charge in [-0.15, -0.1) is 0 Å². The van der Waals surface area contributed by atoms with E-state index < -0.39 is 0 Å². The van der Waals surface area contributed by atoms with E-state index in [1.165, 1.54) is 18.4 Å². The van der Waals surface area contributed by atoms with Crippen LogP contribution in [0.25, 0.3) is 6.08 Å². The zero-order valence-electron chi connectivity index (χ0n) is 11.0. The van der Waals surface area contributed by atoms with Gasteiger partial charge in [-0.1, -0.05) is 68.7 Å². The van der Waals surface area contributed by atoms with Crippen LogP contribution in [0.3, 0.4) is 0 Å². The van der Waals surface area contributed by atoms with E-state index in [0.29, 0.717) is 0 Å². The number of unbranched alkanes of at least 4 members (excludes halogenated alkanes) is 2. The van der Waals surface area contributed by atoms with Gasteiger partial charge in [0.25, 0.3) is 0 Å². The van der Waals surface area contributed by atoms with Crippen LogP contribution in [-0.2, 0) is 4.74 Å². The van der Waals surface area contributed by atoms with Crippen LogP contribution in [0.2, 0.25) is 0 Å². The Hall–Kier alpha value is -1.12. The molecule has 0 saturated carbocycles. The molecule has 2 heteroatoms. The van der Waals surface area contributed by atoms with Crippen molar-refractivity contribution < 1.29 is 9.84 Å². The molecule has 2 rings (SSSR count). The van der Waals surface area contributed by atoms with Crippen molar-refractivity contribution in [1.29, 1.82) is 0 Å². The Bertz CT molecular complexity index is 372. The van der Waals surface area contributed by atoms with Gasteiger partial charge in [-0.25, -0.2) is 0 Å². The van der Waals surface area contributed by atoms with Crippen LogP contribution in [0, 0.1) is 0 Å². The average molecular weight is 246 g/mol. The number of hydrogen-bond acceptors (Lipinski definition) is 2. The molecule has 1 saturated heterocycles. The molecular formula is C16H22O2. The number of benzene rings is 1. The van der Waals surface area contributed by atoms with Crippen molar-refractivity contribution in [2.45, 2.75) is 50.9 Å². The third-order valence-corrected chi connectivity index (χ3v) is 3.32. The minimum Gasteiger partial charge on any atom is -0.390 e. The Morgan fingerprint density at radius 2 is 2.06 bits per heavy atom. The lowest BCUT2D eigenvalue weighted by atomic mass is 10.1. The maximum atomic E-state index is 9.92. The van der Waals surface area contributed by atoms with Gasteiger partial charge >= 0.3 is 0 Å². The normalized spacial score (nSPS) is 24.3. The standard InChI is InChI=1S/C16H22O2/c1-2-3-5-10-14(17)16-15(18-16)12-11-13-8-6-4-7-9-13/h4,6-9,11-12,14-17H,2-3,5,10H2,1H3/b12-11+/t14-,15-,16+/m1/s1. The maximum Gasteiger partial charge on any atom is 0.114 e. The molecule has 1 aromatic rings. The Balaban J connectivity index is 1.72. The number of aliphatic hydroxyl groups is 1. The summed E-state index contributed by atoms with van der Waals surface area (Å²) < 4.78 is 5.49. The number of aliphatic hydroxyl groups excluding tert-OH is 1. The fraction of sp³-hybridized carbons (Fsp3) is 0.500. The lowest BCUT2D eigenvalue weighted by molar-refractivity contribution is 0.123. The molecule has 2 nitrogen and oxygen atoms in total. The second-order valence-electron chi connectivity index (χ2n) is 4.90. The largest absolute Gasteiger partial charge is 0.390 e. The van der Waals surface area contributed by atoms with Gasteiger partial charge in [0.05, 0.1) is 6.10 Å². The summed E-state index contributed by atoms with van der Waals surface area (Å²) in [7, 11) is 0. The summed E-state index contributed by atoms with van der Waals surface area (Å²) >= 11 is 0. The Morgan fingerprint density at radius 1 is 1.28 bits per heavy atom. The van der Waals surface area contributed by atoms with E-state index in [-0.39, 0.29) is 18.3 Å². The second kappa shape index (κ2) is 6.72. The number of ether oxygens (including phenoxy) is 1. The molecule has 18 heavy (non-hydrogen) atoms. The first-order valence-corrected chi connectivity index (χ1v) is 6.88. The highest BCUT2D eigenvalue weighted by Crippen LogP contribution is 2.29. The van der Waals surface area contributed by atoms with Crippen LogP contribution < -0.4 is 0 Å². The summed E-state index contributed by atoms with van der Waals surface area (Å²) in [6.45, 7) is 2.17. The first kappa shape index (κ1) is 13.3. The van der Waals surface area contributed by atoms with Gasteiger partial charge in [-0.3, -0.25) is 0 Å². The van der Waals surface area contributed by atoms with Crippen LogP contribution in [0.1, 0.15) is 38.2 Å². The molecule has 0 aliphatic carbocycles. The van der Waals surface area contributed by atoms with Crippen molar-refractivity contribution in [1.82, 2.24) is 0 Å². The van der Waals surface area contributed by atoms with Crippen LogP contribution in [0.15, 0.2) is 36.4 Å². The summed E-state index contributed by atoms with van der Waals surface area (Å²) in [6, 6.07) is 10.2. The molecular weight excluding hydrogens is 224 g/mol. The smallest absolute Gasteiger partial charge is 0.114 e. The predicted molar refractivity (Wildman–Crippen MR) is 74.3 cm³/mol. The fourth-order valence-electron chi connectivity index (χ4n) is 2.14. The van der Waals surface area contributed by atoms with Crippen LogP contribution in [0.4, 0.5) is 0 Å². The predicted octanol–water partition coefficient (Wildman–Crippen LogP) is 3.41. The molecule has 98 valence electrons. The summed E-state index contributed by atoms with van der Waals surface area (Å²) in [5.74, 6) is 0. The van der Waals surface area contributed by atoms with E-state index in [4.69, 9.17) is 4.74 Å². The van der Waals surface area contributed by atoms with E-state index in [2.05, 4.69) is 25.1 Å². The Labute approximate surface area is 109 Å². The third kappa shape index (κ3) is 3.97. The van der Waals surface area contributed by atoms with E-state index in [1.807, 2.05) is 24.3 Å². The average Bonchev–Trinajstić information content (AvgIpc) is 3.17. The first-order chi connectivity index (χ1) is 8.81. The molecule has 0 aromatic heterocycles. The molecule has 0 bridgehead atoms. The SMILES string of the molecule is CCCCC[C@@H](O)[C@@H]1O[C@@H]1/C=C/c1ccccc1. The van der Waals surface area contributed by atoms with Gasteiger partial charge in [-0.2, -0.15) is 0 Å². The van der Waals surface area contributed by atoms with Crippen molar-refractivity contribution in [3.8, 4) is 0 Å². The Morgan fingerprint density at radius 3 is 2.78 bits per heavy atom. The van der Waals surface area contributed by atoms with Crippen molar-refractivity contribution >= 4 is 6.08 Å². The van der Waals surface area contributed by atoms with Gasteiger partial charge < -0.3 is 9.84 Å². The summed E-state index contributed by atoms with van der Waals surface area (Å²) in [6.07, 6.45) is 8.24. The highest BCUT2D eigenvalue weighted by molar-refractivity contribution is 5.50. The summed E-state index contributed by atoms with van der Waals surface area (Å²) in [5, 5.41) is 9.92. The zero-order valence-corrected chi connectivity index (χ0v) is 11.0. The van der Waals surface area contributed by atoms with Crippen molar-refractivity contribution in [3.63, 3.8) is 0 Å². The third-order valence-electron chi connectivity index (χ3n) is 3.32. The second-order valence-corrected chi connectivity index (χ2v) is 4.90. The van der Waals surface area contributed by atoms with Crippen LogP contribution >= 0.6 is 0 Å². The minimum absolute atomic E-state index is 0.0156. The molecule has 0 unspecified atom stereocenters. The molecule has 1 N–H and O–H groups in total. The van der Waals surface area contributed by atoms with Gasteiger partial charge in [0.15, 0.2) is 0 Å². The van der Waals surface area contributed by atoms with Crippen molar-refractivity contribution in [2.24, 2.45) is 0 Å². The Kier molecular flexibility index (Phi) is 4.97. The van der Waals surface area contributed by atoms with E-state index in [1.54, 1.807) is 0 Å². The lowest BCUT2D eigenvalue weighted by Crippen LogP contribution is -2.16. The fourth-order valence-corrected chi connectivity index (χ4v) is 2.14. The molecule has 1 fully saturated rings. The lowest BCUT2D eigenvalue weighted by Gasteiger charge is -2.05. The van der Waals surface area contributed by atoms with Crippen molar-refractivity contribution in [3.05, 3.63) is 42.0 Å². The van der Waals surface area contributed by atoms with E-state index in [9.17, 15) is 5.11 Å². The summed E-state index contributed by atoms with van der Waals surface area (Å²) in [4.78, 5) is 0. The molecule has 0 amide bonds. The van der Waals surface area contributed by atoms with Crippen molar-refractivity contribution in [2.75, 3.05) is 0 Å². The van der Waals surface area contributed by atoms with Gasteiger partial charge in [-0.05, 0) is 12.0 Å². The van der Waals surface area contributed by atoms with E-state index >= 15 is 0 Å². The first-order valence-electron chi connectivity index (χ1n) is 6.88. The number of epoxide rings is 1. The van der Waals surface area contributed by atoms with Gasteiger partial charge in [0.2, 0.25) is 0 Å². The highest BCUT2D eigenvalue weighted by atomic mass is 16.6. The van der Waals surface area contributed by atoms with Gasteiger partial charge in [0.1, 0.15) is 12.2 Å². The van der Waals surface area contributed by atoms with Crippen LogP contribution in [-0.4, -0.2) is 23.4 Å². The maximum absolute atomic E-state index is 9.92. The summed E-state index contributed by atoms with van der Waals surface area (Å²) in [5.41, 5.74) is 1.17. The minimum atomic E-state index is -0.304. The molecule has 1 aliphatic rings. The number of rotatable bonds is 7. The van der Waals surface area contributed by atoms with E-state index in [0.717, 1.165) is 12.8 Å². The monoisotopic (exact) mass is 246 g/mol. The quantitative estimate of drug-likeness (QED) is 0.590. The molecule has 3 atom stereocenters. The molecule has 0 spiro atoms. The number of hydrogen-bond donors (Lipinski definition) is 1.